The number of benzene rings is 2. The fourth-order valence-electron chi connectivity index (χ4n) is 3.43. The molecule has 5 nitrogen and oxygen atoms in total. The molecule has 0 bridgehead atoms. The Morgan fingerprint density at radius 2 is 2.10 bits per heavy atom. The van der Waals surface area contributed by atoms with Crippen molar-refractivity contribution in [3.63, 3.8) is 0 Å². The van der Waals surface area contributed by atoms with Crippen LogP contribution in [0.2, 0.25) is 5.02 Å². The summed E-state index contributed by atoms with van der Waals surface area (Å²) >= 11 is 6.02. The number of amides is 1. The Bertz CT molecular complexity index is 816. The normalized spacial score (nSPS) is 17.6. The highest BCUT2D eigenvalue weighted by Crippen LogP contribution is 2.27. The van der Waals surface area contributed by atoms with Crippen molar-refractivity contribution in [3.8, 4) is 5.75 Å². The van der Waals surface area contributed by atoms with E-state index in [4.69, 9.17) is 21.1 Å². The fourth-order valence-corrected chi connectivity index (χ4v) is 3.60. The number of anilines is 1. The molecular formula is C22H26ClFN2O3. The van der Waals surface area contributed by atoms with Gasteiger partial charge in [0, 0.05) is 37.7 Å². The number of nitrogens with zero attached hydrogens (tertiary/aromatic N) is 1. The van der Waals surface area contributed by atoms with Gasteiger partial charge in [0.1, 0.15) is 11.6 Å². The van der Waals surface area contributed by atoms with Crippen molar-refractivity contribution in [2.24, 2.45) is 0 Å². The molecule has 1 aliphatic heterocycles. The number of rotatable bonds is 7. The minimum atomic E-state index is -0.237. The van der Waals surface area contributed by atoms with Gasteiger partial charge in [-0.1, -0.05) is 23.7 Å². The van der Waals surface area contributed by atoms with Gasteiger partial charge in [-0.05, 0) is 48.7 Å². The Kier molecular flexibility index (Phi) is 7.86. The lowest BCUT2D eigenvalue weighted by molar-refractivity contribution is -0.116. The van der Waals surface area contributed by atoms with Crippen LogP contribution in [0.25, 0.3) is 0 Å². The van der Waals surface area contributed by atoms with Crippen molar-refractivity contribution in [3.05, 3.63) is 58.9 Å². The predicted molar refractivity (Wildman–Crippen MR) is 112 cm³/mol. The van der Waals surface area contributed by atoms with Gasteiger partial charge >= 0.3 is 0 Å². The summed E-state index contributed by atoms with van der Waals surface area (Å²) in [5.41, 5.74) is 1.61. The van der Waals surface area contributed by atoms with Gasteiger partial charge in [-0.15, -0.1) is 0 Å². The Morgan fingerprint density at radius 1 is 1.31 bits per heavy atom. The van der Waals surface area contributed by atoms with Gasteiger partial charge in [0.2, 0.25) is 5.91 Å². The Morgan fingerprint density at radius 3 is 2.86 bits per heavy atom. The summed E-state index contributed by atoms with van der Waals surface area (Å²) in [6, 6.07) is 11.6. The Balaban J connectivity index is 1.51. The van der Waals surface area contributed by atoms with Gasteiger partial charge < -0.3 is 19.7 Å². The zero-order chi connectivity index (χ0) is 20.6. The first-order valence-corrected chi connectivity index (χ1v) is 10.1. The van der Waals surface area contributed by atoms with E-state index < -0.39 is 0 Å². The maximum absolute atomic E-state index is 13.1. The highest BCUT2D eigenvalue weighted by atomic mass is 35.5. The first-order valence-electron chi connectivity index (χ1n) is 9.75. The van der Waals surface area contributed by atoms with Crippen LogP contribution in [-0.4, -0.2) is 50.3 Å². The van der Waals surface area contributed by atoms with Crippen molar-refractivity contribution in [2.75, 3.05) is 38.7 Å². The average Bonchev–Trinajstić information content (AvgIpc) is 2.93. The number of hydrogen-bond donors (Lipinski definition) is 1. The maximum Gasteiger partial charge on any atom is 0.225 e. The Hall–Kier alpha value is -2.15. The topological polar surface area (TPSA) is 50.8 Å². The third-order valence-electron chi connectivity index (χ3n) is 4.90. The summed E-state index contributed by atoms with van der Waals surface area (Å²) in [5.74, 6) is 0.246. The van der Waals surface area contributed by atoms with E-state index in [2.05, 4.69) is 10.2 Å². The minimum absolute atomic E-state index is 0.0269. The molecule has 0 spiro atoms. The van der Waals surface area contributed by atoms with Crippen LogP contribution in [0.3, 0.4) is 0 Å². The molecule has 1 heterocycles. The number of nitrogens with one attached hydrogen (secondary N) is 1. The molecular weight excluding hydrogens is 395 g/mol. The van der Waals surface area contributed by atoms with Crippen LogP contribution in [0.15, 0.2) is 42.5 Å². The monoisotopic (exact) mass is 420 g/mol. The van der Waals surface area contributed by atoms with Crippen LogP contribution in [-0.2, 0) is 16.0 Å². The molecule has 1 saturated heterocycles. The third-order valence-corrected chi connectivity index (χ3v) is 5.14. The molecule has 0 saturated carbocycles. The van der Waals surface area contributed by atoms with Gasteiger partial charge in [-0.25, -0.2) is 4.39 Å². The van der Waals surface area contributed by atoms with E-state index >= 15 is 0 Å². The molecule has 1 amide bonds. The molecule has 7 heteroatoms. The number of carbonyl (C=O) groups is 1. The van der Waals surface area contributed by atoms with Gasteiger partial charge in [0.05, 0.1) is 18.9 Å². The molecule has 2 aromatic rings. The van der Waals surface area contributed by atoms with Gasteiger partial charge in [0.15, 0.2) is 0 Å². The van der Waals surface area contributed by atoms with E-state index in [1.165, 1.54) is 12.1 Å². The number of ether oxygens (including phenoxy) is 2. The van der Waals surface area contributed by atoms with Gasteiger partial charge in [-0.2, -0.15) is 0 Å². The lowest BCUT2D eigenvalue weighted by Crippen LogP contribution is -2.35. The van der Waals surface area contributed by atoms with E-state index in [9.17, 15) is 9.18 Å². The van der Waals surface area contributed by atoms with Crippen LogP contribution >= 0.6 is 11.6 Å². The highest BCUT2D eigenvalue weighted by molar-refractivity contribution is 6.31. The maximum atomic E-state index is 13.1. The summed E-state index contributed by atoms with van der Waals surface area (Å²) < 4.78 is 24.3. The minimum Gasteiger partial charge on any atom is -0.495 e. The van der Waals surface area contributed by atoms with Crippen molar-refractivity contribution in [1.82, 2.24) is 4.90 Å². The second kappa shape index (κ2) is 10.6. The predicted octanol–water partition coefficient (Wildman–Crippen LogP) is 4.15. The number of halogens is 2. The number of hydrogen-bond acceptors (Lipinski definition) is 4. The molecule has 156 valence electrons. The third kappa shape index (κ3) is 6.70. The van der Waals surface area contributed by atoms with Crippen molar-refractivity contribution < 1.29 is 18.7 Å². The quantitative estimate of drug-likeness (QED) is 0.731. The Labute approximate surface area is 175 Å². The molecule has 0 aliphatic carbocycles. The molecule has 1 aliphatic rings. The molecule has 0 aromatic heterocycles. The fraction of sp³-hybridized carbons (Fsp3) is 0.409. The SMILES string of the molecule is COc1ccc(Cl)cc1NC(=O)CCN1CCCOC(Cc2ccc(F)cc2)C1. The first-order chi connectivity index (χ1) is 14.0. The summed E-state index contributed by atoms with van der Waals surface area (Å²) in [5, 5.41) is 3.41. The molecule has 1 N–H and O–H groups in total. The smallest absolute Gasteiger partial charge is 0.225 e. The summed E-state index contributed by atoms with van der Waals surface area (Å²) in [4.78, 5) is 14.7. The first kappa shape index (κ1) is 21.6. The van der Waals surface area contributed by atoms with Crippen LogP contribution in [0, 0.1) is 5.82 Å². The van der Waals surface area contributed by atoms with E-state index in [1.54, 1.807) is 37.4 Å². The van der Waals surface area contributed by atoms with E-state index in [-0.39, 0.29) is 17.8 Å². The average molecular weight is 421 g/mol. The van der Waals surface area contributed by atoms with Gasteiger partial charge in [-0.3, -0.25) is 4.79 Å². The summed E-state index contributed by atoms with van der Waals surface area (Å²) in [7, 11) is 1.55. The molecule has 0 radical (unpaired) electrons. The molecule has 1 fully saturated rings. The molecule has 1 atom stereocenters. The van der Waals surface area contributed by atoms with Crippen LogP contribution in [0.1, 0.15) is 18.4 Å². The number of methoxy groups -OCH3 is 1. The zero-order valence-corrected chi connectivity index (χ0v) is 17.3. The number of carbonyl (C=O) groups excluding carboxylic acids is 1. The summed E-state index contributed by atoms with van der Waals surface area (Å²) in [6.45, 7) is 2.95. The molecule has 3 rings (SSSR count). The standard InChI is InChI=1S/C22H26ClFN2O3/c1-28-21-8-5-17(23)14-20(21)25-22(27)9-11-26-10-2-12-29-19(15-26)13-16-3-6-18(24)7-4-16/h3-8,14,19H,2,9-13,15H2,1H3,(H,25,27). The van der Waals surface area contributed by atoms with Crippen LogP contribution in [0.5, 0.6) is 5.75 Å². The van der Waals surface area contributed by atoms with Gasteiger partial charge in [0.25, 0.3) is 0 Å². The zero-order valence-electron chi connectivity index (χ0n) is 16.5. The van der Waals surface area contributed by atoms with E-state index in [0.29, 0.717) is 36.0 Å². The molecule has 2 aromatic carbocycles. The second-order valence-corrected chi connectivity index (χ2v) is 7.56. The lowest BCUT2D eigenvalue weighted by atomic mass is 10.1. The van der Waals surface area contributed by atoms with Crippen molar-refractivity contribution in [1.29, 1.82) is 0 Å². The van der Waals surface area contributed by atoms with E-state index in [1.807, 2.05) is 0 Å². The van der Waals surface area contributed by atoms with Crippen LogP contribution < -0.4 is 10.1 Å². The van der Waals surface area contributed by atoms with Crippen molar-refractivity contribution in [2.45, 2.75) is 25.4 Å². The largest absolute Gasteiger partial charge is 0.495 e. The second-order valence-electron chi connectivity index (χ2n) is 7.12. The molecule has 1 unspecified atom stereocenters. The summed E-state index contributed by atoms with van der Waals surface area (Å²) in [6.07, 6.45) is 2.03. The van der Waals surface area contributed by atoms with Crippen LogP contribution in [0.4, 0.5) is 10.1 Å². The van der Waals surface area contributed by atoms with Crippen molar-refractivity contribution >= 4 is 23.2 Å². The lowest BCUT2D eigenvalue weighted by Gasteiger charge is -2.23. The highest BCUT2D eigenvalue weighted by Gasteiger charge is 2.20. The molecule has 29 heavy (non-hydrogen) atoms. The van der Waals surface area contributed by atoms with E-state index in [0.717, 1.165) is 31.5 Å².